The molecular weight excluding hydrogens is 148 g/mol. The van der Waals surface area contributed by atoms with Crippen LogP contribution in [0.1, 0.15) is 0 Å². The maximum absolute atomic E-state index is 5.39. The Balaban J connectivity index is 1.82. The van der Waals surface area contributed by atoms with E-state index in [0.29, 0.717) is 33.0 Å². The zero-order valence-electron chi connectivity index (χ0n) is 6.32. The SMILES string of the molecule is C1COC(C2OCCO2)CO1. The van der Waals surface area contributed by atoms with Crippen molar-refractivity contribution in [1.82, 2.24) is 0 Å². The van der Waals surface area contributed by atoms with Gasteiger partial charge in [0.25, 0.3) is 0 Å². The van der Waals surface area contributed by atoms with Gasteiger partial charge in [-0.3, -0.25) is 0 Å². The molecule has 2 rings (SSSR count). The monoisotopic (exact) mass is 160 g/mol. The molecule has 1 unspecified atom stereocenters. The lowest BCUT2D eigenvalue weighted by molar-refractivity contribution is -0.192. The Kier molecular flexibility index (Phi) is 2.38. The van der Waals surface area contributed by atoms with E-state index in [2.05, 4.69) is 0 Å². The van der Waals surface area contributed by atoms with Crippen LogP contribution in [0.3, 0.4) is 0 Å². The summed E-state index contributed by atoms with van der Waals surface area (Å²) in [6.07, 6.45) is -0.221. The van der Waals surface area contributed by atoms with Gasteiger partial charge in [-0.2, -0.15) is 0 Å². The summed E-state index contributed by atoms with van der Waals surface area (Å²) in [6, 6.07) is 0. The fraction of sp³-hybridized carbons (Fsp3) is 1.00. The summed E-state index contributed by atoms with van der Waals surface area (Å²) in [5.74, 6) is 0. The topological polar surface area (TPSA) is 36.9 Å². The lowest BCUT2D eigenvalue weighted by Crippen LogP contribution is -2.38. The van der Waals surface area contributed by atoms with Crippen LogP contribution in [0.4, 0.5) is 0 Å². The van der Waals surface area contributed by atoms with E-state index in [1.165, 1.54) is 0 Å². The number of hydrogen-bond donors (Lipinski definition) is 0. The molecule has 0 bridgehead atoms. The molecule has 1 atom stereocenters. The molecule has 0 amide bonds. The van der Waals surface area contributed by atoms with Crippen molar-refractivity contribution in [3.63, 3.8) is 0 Å². The summed E-state index contributed by atoms with van der Waals surface area (Å²) in [6.45, 7) is 3.26. The van der Waals surface area contributed by atoms with Crippen molar-refractivity contribution >= 4 is 0 Å². The van der Waals surface area contributed by atoms with Crippen LogP contribution in [-0.4, -0.2) is 45.4 Å². The minimum Gasteiger partial charge on any atom is -0.376 e. The highest BCUT2D eigenvalue weighted by Gasteiger charge is 2.29. The second kappa shape index (κ2) is 3.49. The third-order valence-corrected chi connectivity index (χ3v) is 1.79. The van der Waals surface area contributed by atoms with Crippen LogP contribution in [0.2, 0.25) is 0 Å². The Labute approximate surface area is 65.4 Å². The Bertz CT molecular complexity index is 116. The van der Waals surface area contributed by atoms with Crippen molar-refractivity contribution in [2.24, 2.45) is 0 Å². The van der Waals surface area contributed by atoms with Crippen LogP contribution in [-0.2, 0) is 18.9 Å². The zero-order valence-corrected chi connectivity index (χ0v) is 6.32. The summed E-state index contributed by atoms with van der Waals surface area (Å²) < 4.78 is 21.1. The van der Waals surface area contributed by atoms with E-state index in [0.717, 1.165) is 0 Å². The lowest BCUT2D eigenvalue weighted by atomic mass is 10.3. The standard InChI is InChI=1S/C7H12O4/c1-2-9-6(5-8-1)7-10-3-4-11-7/h6-7H,1-5H2. The van der Waals surface area contributed by atoms with Gasteiger partial charge in [-0.05, 0) is 0 Å². The van der Waals surface area contributed by atoms with E-state index in [9.17, 15) is 0 Å². The zero-order chi connectivity index (χ0) is 7.52. The molecule has 0 aliphatic carbocycles. The summed E-state index contributed by atoms with van der Waals surface area (Å²) in [7, 11) is 0. The molecule has 2 aliphatic heterocycles. The highest BCUT2D eigenvalue weighted by molar-refractivity contribution is 4.67. The first-order chi connectivity index (χ1) is 5.47. The normalized spacial score (nSPS) is 34.4. The van der Waals surface area contributed by atoms with E-state index in [4.69, 9.17) is 18.9 Å². The van der Waals surface area contributed by atoms with Crippen LogP contribution in [0.15, 0.2) is 0 Å². The van der Waals surface area contributed by atoms with Crippen LogP contribution in [0.25, 0.3) is 0 Å². The summed E-state index contributed by atoms with van der Waals surface area (Å²) in [5.41, 5.74) is 0. The minimum atomic E-state index is -0.199. The molecule has 2 saturated heterocycles. The first kappa shape index (κ1) is 7.49. The Hall–Kier alpha value is -0.160. The highest BCUT2D eigenvalue weighted by Crippen LogP contribution is 2.14. The molecule has 0 radical (unpaired) electrons. The molecule has 0 N–H and O–H groups in total. The van der Waals surface area contributed by atoms with Crippen LogP contribution in [0.5, 0.6) is 0 Å². The maximum atomic E-state index is 5.39. The second-order valence-electron chi connectivity index (χ2n) is 2.59. The van der Waals surface area contributed by atoms with Gasteiger partial charge >= 0.3 is 0 Å². The predicted octanol–water partition coefficient (Wildman–Crippen LogP) is -0.225. The number of rotatable bonds is 1. The third kappa shape index (κ3) is 1.70. The lowest BCUT2D eigenvalue weighted by Gasteiger charge is -2.26. The first-order valence-corrected chi connectivity index (χ1v) is 3.89. The Morgan fingerprint density at radius 1 is 0.818 bits per heavy atom. The number of ether oxygens (including phenoxy) is 4. The van der Waals surface area contributed by atoms with Crippen molar-refractivity contribution in [3.8, 4) is 0 Å². The number of hydrogen-bond acceptors (Lipinski definition) is 4. The largest absolute Gasteiger partial charge is 0.376 e. The maximum Gasteiger partial charge on any atom is 0.186 e. The predicted molar refractivity (Wildman–Crippen MR) is 36.3 cm³/mol. The summed E-state index contributed by atoms with van der Waals surface area (Å²) >= 11 is 0. The molecule has 2 heterocycles. The van der Waals surface area contributed by atoms with E-state index >= 15 is 0 Å². The Morgan fingerprint density at radius 3 is 2.18 bits per heavy atom. The molecule has 4 heteroatoms. The van der Waals surface area contributed by atoms with Crippen molar-refractivity contribution in [1.29, 1.82) is 0 Å². The summed E-state index contributed by atoms with van der Waals surface area (Å²) in [4.78, 5) is 0. The van der Waals surface area contributed by atoms with Crippen molar-refractivity contribution in [2.75, 3.05) is 33.0 Å². The van der Waals surface area contributed by atoms with Crippen LogP contribution < -0.4 is 0 Å². The van der Waals surface area contributed by atoms with E-state index < -0.39 is 0 Å². The average molecular weight is 160 g/mol. The van der Waals surface area contributed by atoms with Crippen LogP contribution >= 0.6 is 0 Å². The summed E-state index contributed by atoms with van der Waals surface area (Å²) in [5, 5.41) is 0. The molecule has 2 aliphatic rings. The molecule has 64 valence electrons. The van der Waals surface area contributed by atoms with Gasteiger partial charge in [0, 0.05) is 0 Å². The van der Waals surface area contributed by atoms with Crippen molar-refractivity contribution in [3.05, 3.63) is 0 Å². The van der Waals surface area contributed by atoms with Gasteiger partial charge in [0.2, 0.25) is 0 Å². The molecule has 0 aromatic rings. The van der Waals surface area contributed by atoms with Gasteiger partial charge < -0.3 is 18.9 Å². The molecule has 0 aromatic carbocycles. The Morgan fingerprint density at radius 2 is 1.55 bits per heavy atom. The van der Waals surface area contributed by atoms with Gasteiger partial charge in [0.15, 0.2) is 6.29 Å². The molecule has 0 spiro atoms. The van der Waals surface area contributed by atoms with Crippen molar-refractivity contribution in [2.45, 2.75) is 12.4 Å². The second-order valence-corrected chi connectivity index (χ2v) is 2.59. The fourth-order valence-electron chi connectivity index (χ4n) is 1.25. The molecular formula is C7H12O4. The average Bonchev–Trinajstić information content (AvgIpc) is 2.58. The van der Waals surface area contributed by atoms with Gasteiger partial charge in [-0.15, -0.1) is 0 Å². The molecule has 11 heavy (non-hydrogen) atoms. The van der Waals surface area contributed by atoms with Crippen LogP contribution in [0, 0.1) is 0 Å². The van der Waals surface area contributed by atoms with Gasteiger partial charge in [-0.1, -0.05) is 0 Å². The van der Waals surface area contributed by atoms with E-state index in [1.54, 1.807) is 0 Å². The molecule has 0 saturated carbocycles. The van der Waals surface area contributed by atoms with Gasteiger partial charge in [0.05, 0.1) is 33.0 Å². The van der Waals surface area contributed by atoms with E-state index in [-0.39, 0.29) is 12.4 Å². The van der Waals surface area contributed by atoms with Crippen molar-refractivity contribution < 1.29 is 18.9 Å². The van der Waals surface area contributed by atoms with Gasteiger partial charge in [-0.25, -0.2) is 0 Å². The highest BCUT2D eigenvalue weighted by atomic mass is 16.7. The molecule has 4 nitrogen and oxygen atoms in total. The minimum absolute atomic E-state index is 0.0220. The van der Waals surface area contributed by atoms with Gasteiger partial charge in [0.1, 0.15) is 6.10 Å². The fourth-order valence-corrected chi connectivity index (χ4v) is 1.25. The quantitative estimate of drug-likeness (QED) is 0.531. The van der Waals surface area contributed by atoms with E-state index in [1.807, 2.05) is 0 Å². The molecule has 0 aromatic heterocycles. The smallest absolute Gasteiger partial charge is 0.186 e. The first-order valence-electron chi connectivity index (χ1n) is 3.89. The molecule has 2 fully saturated rings. The third-order valence-electron chi connectivity index (χ3n) is 1.79.